The minimum absolute atomic E-state index is 0.0298. The van der Waals surface area contributed by atoms with Crippen LogP contribution in [0.2, 0.25) is 0 Å². The first-order valence-electron chi connectivity index (χ1n) is 12.2. The minimum atomic E-state index is -5.08. The van der Waals surface area contributed by atoms with Crippen molar-refractivity contribution in [1.82, 2.24) is 15.3 Å². The molecular formula is C26H26F6N4O4S. The van der Waals surface area contributed by atoms with E-state index in [4.69, 9.17) is 9.90 Å². The molecule has 4 rings (SSSR count). The van der Waals surface area contributed by atoms with E-state index in [1.54, 1.807) is 24.5 Å². The van der Waals surface area contributed by atoms with Gasteiger partial charge in [-0.1, -0.05) is 18.2 Å². The second-order valence-corrected chi connectivity index (χ2v) is 10.1. The maximum atomic E-state index is 12.8. The molecule has 222 valence electrons. The third kappa shape index (κ3) is 9.23. The summed E-state index contributed by atoms with van der Waals surface area (Å²) >= 11 is 0.485. The van der Waals surface area contributed by atoms with Crippen molar-refractivity contribution in [2.45, 2.75) is 62.6 Å². The number of halogens is 6. The van der Waals surface area contributed by atoms with Crippen LogP contribution in [0.5, 0.6) is 0 Å². The first kappa shape index (κ1) is 32.0. The van der Waals surface area contributed by atoms with Crippen LogP contribution >= 0.6 is 11.3 Å². The molecule has 4 atom stereocenters. The molecule has 2 aromatic heterocycles. The van der Waals surface area contributed by atoms with Crippen molar-refractivity contribution in [1.29, 1.82) is 0 Å². The molecule has 1 amide bonds. The average Bonchev–Trinajstić information content (AvgIpc) is 3.60. The molecule has 1 aliphatic heterocycles. The van der Waals surface area contributed by atoms with E-state index in [-0.39, 0.29) is 17.8 Å². The number of hydrogen-bond acceptors (Lipinski definition) is 7. The van der Waals surface area contributed by atoms with Crippen molar-refractivity contribution < 1.29 is 46.1 Å². The van der Waals surface area contributed by atoms with E-state index in [0.717, 1.165) is 30.4 Å². The number of aromatic nitrogens is 2. The molecule has 1 saturated heterocycles. The van der Waals surface area contributed by atoms with Gasteiger partial charge in [0.05, 0.1) is 17.7 Å². The first-order valence-corrected chi connectivity index (χ1v) is 13.1. The number of nitrogens with zero attached hydrogens (tertiary/aromatic N) is 2. The normalized spacial score (nSPS) is 18.6. The number of carboxylic acids is 1. The molecule has 4 N–H and O–H groups in total. The number of carbonyl (C=O) groups excluding carboxylic acids is 1. The number of hydrogen-bond donors (Lipinski definition) is 4. The summed E-state index contributed by atoms with van der Waals surface area (Å²) in [4.78, 5) is 29.0. The number of anilines is 1. The number of aliphatic hydroxyl groups is 1. The molecule has 0 unspecified atom stereocenters. The minimum Gasteiger partial charge on any atom is -0.475 e. The second-order valence-electron chi connectivity index (χ2n) is 9.27. The molecule has 41 heavy (non-hydrogen) atoms. The van der Waals surface area contributed by atoms with Gasteiger partial charge in [0.2, 0.25) is 5.91 Å². The summed E-state index contributed by atoms with van der Waals surface area (Å²) in [6, 6.07) is 11.3. The number of carbonyl (C=O) groups is 2. The van der Waals surface area contributed by atoms with Gasteiger partial charge in [-0.3, -0.25) is 9.78 Å². The van der Waals surface area contributed by atoms with E-state index in [2.05, 4.69) is 20.6 Å². The number of carboxylic acid groups (broad SMARTS) is 1. The van der Waals surface area contributed by atoms with Crippen LogP contribution in [0.3, 0.4) is 0 Å². The maximum Gasteiger partial charge on any atom is 0.490 e. The van der Waals surface area contributed by atoms with E-state index in [1.165, 1.54) is 12.3 Å². The van der Waals surface area contributed by atoms with Crippen molar-refractivity contribution in [3.8, 4) is 0 Å². The number of benzene rings is 1. The molecule has 0 saturated carbocycles. The smallest absolute Gasteiger partial charge is 0.475 e. The van der Waals surface area contributed by atoms with Crippen molar-refractivity contribution in [2.75, 3.05) is 5.32 Å². The molecule has 0 spiro atoms. The lowest BCUT2D eigenvalue weighted by molar-refractivity contribution is -0.192. The number of nitrogens with one attached hydrogen (secondary N) is 2. The Morgan fingerprint density at radius 1 is 1.12 bits per heavy atom. The summed E-state index contributed by atoms with van der Waals surface area (Å²) in [5, 5.41) is 24.3. The summed E-state index contributed by atoms with van der Waals surface area (Å²) < 4.78 is 70.0. The maximum absolute atomic E-state index is 12.8. The molecule has 3 heterocycles. The Kier molecular flexibility index (Phi) is 10.4. The highest BCUT2D eigenvalue weighted by Crippen LogP contribution is 2.33. The lowest BCUT2D eigenvalue weighted by Crippen LogP contribution is -2.35. The van der Waals surface area contributed by atoms with Gasteiger partial charge in [-0.2, -0.15) is 26.3 Å². The molecule has 8 nitrogen and oxygen atoms in total. The first-order chi connectivity index (χ1) is 19.1. The number of aliphatic hydroxyl groups excluding tert-OH is 1. The Labute approximate surface area is 234 Å². The zero-order valence-electron chi connectivity index (χ0n) is 21.4. The third-order valence-corrected chi connectivity index (χ3v) is 7.14. The zero-order chi connectivity index (χ0) is 30.4. The van der Waals surface area contributed by atoms with E-state index in [1.807, 2.05) is 24.3 Å². The number of aliphatic carboxylic acids is 1. The largest absolute Gasteiger partial charge is 0.490 e. The van der Waals surface area contributed by atoms with E-state index < -0.39 is 41.3 Å². The van der Waals surface area contributed by atoms with Crippen LogP contribution in [0.15, 0.2) is 54.2 Å². The Morgan fingerprint density at radius 2 is 1.78 bits per heavy atom. The Bertz CT molecular complexity index is 1300. The molecule has 0 radical (unpaired) electrons. The van der Waals surface area contributed by atoms with Gasteiger partial charge in [-0.25, -0.2) is 9.78 Å². The van der Waals surface area contributed by atoms with Gasteiger partial charge in [0.25, 0.3) is 0 Å². The zero-order valence-corrected chi connectivity index (χ0v) is 22.2. The molecule has 3 aromatic rings. The van der Waals surface area contributed by atoms with Crippen LogP contribution in [-0.4, -0.2) is 50.3 Å². The van der Waals surface area contributed by atoms with Gasteiger partial charge >= 0.3 is 18.3 Å². The van der Waals surface area contributed by atoms with Crippen LogP contribution in [0.4, 0.5) is 32.0 Å². The Hall–Kier alpha value is -3.56. The fourth-order valence-electron chi connectivity index (χ4n) is 4.05. The van der Waals surface area contributed by atoms with Crippen LogP contribution < -0.4 is 10.6 Å². The molecule has 0 aliphatic carbocycles. The fraction of sp³-hybridized carbons (Fsp3) is 0.385. The molecular weight excluding hydrogens is 578 g/mol. The van der Waals surface area contributed by atoms with Crippen LogP contribution in [0, 0.1) is 0 Å². The Balaban J connectivity index is 0.000000587. The van der Waals surface area contributed by atoms with Gasteiger partial charge in [-0.05, 0) is 49.9 Å². The standard InChI is InChI=1S/C24H25F3N4O2S.C2HF3O2/c1-14(20-13-34-23(31-20)24(25,26)27)22(33)30-17-6-4-15(5-7-17)11-18-8-9-19(29-18)21(32)16-3-2-10-28-12-16;3-2(4,5)1(6)7/h2-7,10,12-14,18-19,21,29,32H,8-9,11H2,1H3,(H,30,33);(H,6,7)/t14-,18+,19-,21-;/m1./s1. The Morgan fingerprint density at radius 3 is 2.32 bits per heavy atom. The highest BCUT2D eigenvalue weighted by molar-refractivity contribution is 7.09. The van der Waals surface area contributed by atoms with Crippen LogP contribution in [-0.2, 0) is 22.2 Å². The monoisotopic (exact) mass is 604 g/mol. The van der Waals surface area contributed by atoms with Crippen molar-refractivity contribution in [2.24, 2.45) is 0 Å². The average molecular weight is 605 g/mol. The molecule has 1 aliphatic rings. The van der Waals surface area contributed by atoms with E-state index >= 15 is 0 Å². The van der Waals surface area contributed by atoms with Gasteiger partial charge in [-0.15, -0.1) is 11.3 Å². The number of alkyl halides is 6. The summed E-state index contributed by atoms with van der Waals surface area (Å²) in [6.07, 6.45) is -4.28. The number of amides is 1. The predicted molar refractivity (Wildman–Crippen MR) is 137 cm³/mol. The van der Waals surface area contributed by atoms with Crippen LogP contribution in [0.1, 0.15) is 53.6 Å². The van der Waals surface area contributed by atoms with Crippen molar-refractivity contribution in [3.63, 3.8) is 0 Å². The van der Waals surface area contributed by atoms with Gasteiger partial charge in [0.15, 0.2) is 5.01 Å². The molecule has 0 bridgehead atoms. The lowest BCUT2D eigenvalue weighted by atomic mass is 10.0. The number of rotatable bonds is 7. The van der Waals surface area contributed by atoms with Crippen molar-refractivity contribution in [3.05, 3.63) is 76.0 Å². The van der Waals surface area contributed by atoms with Gasteiger partial charge in [0.1, 0.15) is 0 Å². The third-order valence-electron chi connectivity index (χ3n) is 6.23. The topological polar surface area (TPSA) is 124 Å². The SMILES string of the molecule is C[C@@H](C(=O)Nc1ccc(C[C@@H]2CC[C@H]([C@H](O)c3cccnc3)N2)cc1)c1csc(C(F)(F)F)n1.O=C(O)C(F)(F)F. The van der Waals surface area contributed by atoms with Crippen molar-refractivity contribution >= 4 is 28.9 Å². The summed E-state index contributed by atoms with van der Waals surface area (Å²) in [7, 11) is 0. The predicted octanol–water partition coefficient (Wildman–Crippen LogP) is 5.33. The summed E-state index contributed by atoms with van der Waals surface area (Å²) in [5.74, 6) is -3.98. The molecule has 15 heteroatoms. The second kappa shape index (κ2) is 13.4. The number of pyridine rings is 1. The quantitative estimate of drug-likeness (QED) is 0.269. The van der Waals surface area contributed by atoms with Gasteiger partial charge < -0.3 is 20.8 Å². The molecule has 1 aromatic carbocycles. The summed E-state index contributed by atoms with van der Waals surface area (Å²) in [6.45, 7) is 1.53. The number of thiazole rings is 1. The van der Waals surface area contributed by atoms with Gasteiger partial charge in [0, 0.05) is 41.1 Å². The summed E-state index contributed by atoms with van der Waals surface area (Å²) in [5.41, 5.74) is 2.54. The highest BCUT2D eigenvalue weighted by Gasteiger charge is 2.38. The lowest BCUT2D eigenvalue weighted by Gasteiger charge is -2.20. The molecule has 1 fully saturated rings. The fourth-order valence-corrected chi connectivity index (χ4v) is 4.83. The van der Waals surface area contributed by atoms with E-state index in [0.29, 0.717) is 17.0 Å². The highest BCUT2D eigenvalue weighted by atomic mass is 32.1. The van der Waals surface area contributed by atoms with E-state index in [9.17, 15) is 36.2 Å². The van der Waals surface area contributed by atoms with Crippen LogP contribution in [0.25, 0.3) is 0 Å².